The molecule has 0 saturated carbocycles. The molecule has 0 fully saturated rings. The summed E-state index contributed by atoms with van der Waals surface area (Å²) in [5.74, 6) is -2.68. The zero-order chi connectivity index (χ0) is 14.4. The molecule has 3 rings (SSSR count). The van der Waals surface area contributed by atoms with E-state index >= 15 is 0 Å². The van der Waals surface area contributed by atoms with E-state index in [0.717, 1.165) is 6.07 Å². The van der Waals surface area contributed by atoms with Crippen LogP contribution < -0.4 is 34.7 Å². The largest absolute Gasteiger partial charge is 1.00 e. The van der Waals surface area contributed by atoms with Crippen molar-refractivity contribution in [3.63, 3.8) is 0 Å². The topological polar surface area (TPSA) is 94.5 Å². The third-order valence-electron chi connectivity index (χ3n) is 3.26. The third kappa shape index (κ3) is 2.29. The first kappa shape index (κ1) is 15.4. The quantitative estimate of drug-likeness (QED) is 0.501. The molecule has 0 spiro atoms. The zero-order valence-corrected chi connectivity index (χ0v) is 13.0. The van der Waals surface area contributed by atoms with Crippen molar-refractivity contribution in [2.24, 2.45) is 0 Å². The van der Waals surface area contributed by atoms with Gasteiger partial charge in [-0.1, -0.05) is 18.2 Å². The van der Waals surface area contributed by atoms with Crippen LogP contribution >= 0.6 is 0 Å². The summed E-state index contributed by atoms with van der Waals surface area (Å²) in [6, 6.07) is 7.78. The van der Waals surface area contributed by atoms with Crippen LogP contribution in [-0.4, -0.2) is 22.6 Å². The Morgan fingerprint density at radius 2 is 1.67 bits per heavy atom. The fraction of sp³-hybridized carbons (Fsp3) is 0. The first-order valence-corrected chi connectivity index (χ1v) is 5.77. The molecule has 2 aromatic carbocycles. The summed E-state index contributed by atoms with van der Waals surface area (Å²) >= 11 is 0. The molecular formula is C15H7NaO5. The van der Waals surface area contributed by atoms with Gasteiger partial charge < -0.3 is 15.0 Å². The number of hydrogen-bond acceptors (Lipinski definition) is 5. The van der Waals surface area contributed by atoms with Crippen LogP contribution in [0.4, 0.5) is 0 Å². The van der Waals surface area contributed by atoms with Crippen LogP contribution in [0.3, 0.4) is 0 Å². The summed E-state index contributed by atoms with van der Waals surface area (Å²) in [6.45, 7) is 0. The summed E-state index contributed by atoms with van der Waals surface area (Å²) in [4.78, 5) is 35.4. The Morgan fingerprint density at radius 3 is 2.33 bits per heavy atom. The molecule has 0 unspecified atom stereocenters. The van der Waals surface area contributed by atoms with E-state index in [4.69, 9.17) is 0 Å². The zero-order valence-electron chi connectivity index (χ0n) is 11.0. The molecule has 0 aromatic heterocycles. The summed E-state index contributed by atoms with van der Waals surface area (Å²) in [7, 11) is 0. The first-order chi connectivity index (χ1) is 9.50. The second-order valence-electron chi connectivity index (χ2n) is 4.41. The molecule has 0 amide bonds. The van der Waals surface area contributed by atoms with Crippen molar-refractivity contribution in [3.05, 3.63) is 64.2 Å². The number of phenols is 1. The van der Waals surface area contributed by atoms with E-state index in [1.807, 2.05) is 0 Å². The Bertz CT molecular complexity index is 795. The van der Waals surface area contributed by atoms with Crippen molar-refractivity contribution in [1.29, 1.82) is 0 Å². The second kappa shape index (κ2) is 5.44. The predicted molar refractivity (Wildman–Crippen MR) is 65.7 cm³/mol. The number of aromatic hydroxyl groups is 1. The number of fused-ring (bicyclic) bond motifs is 2. The molecule has 0 saturated heterocycles. The number of hydrogen-bond donors (Lipinski definition) is 1. The molecule has 1 N–H and O–H groups in total. The number of ketones is 2. The number of benzene rings is 2. The molecule has 0 bridgehead atoms. The number of phenolic OH excluding ortho intramolecular Hbond substituents is 1. The van der Waals surface area contributed by atoms with E-state index in [9.17, 15) is 24.6 Å². The minimum Gasteiger partial charge on any atom is -0.545 e. The summed E-state index contributed by atoms with van der Waals surface area (Å²) in [5, 5.41) is 20.6. The number of carboxylic acids is 1. The third-order valence-corrected chi connectivity index (χ3v) is 3.26. The maximum atomic E-state index is 12.3. The Kier molecular flexibility index (Phi) is 4.00. The Hall–Kier alpha value is -1.95. The van der Waals surface area contributed by atoms with E-state index in [1.54, 1.807) is 0 Å². The fourth-order valence-electron chi connectivity index (χ4n) is 2.30. The van der Waals surface area contributed by atoms with Gasteiger partial charge in [0.2, 0.25) is 0 Å². The van der Waals surface area contributed by atoms with Gasteiger partial charge in [-0.3, -0.25) is 9.59 Å². The van der Waals surface area contributed by atoms with Crippen molar-refractivity contribution in [2.75, 3.05) is 0 Å². The van der Waals surface area contributed by atoms with Gasteiger partial charge in [-0.05, 0) is 23.8 Å². The molecule has 21 heavy (non-hydrogen) atoms. The standard InChI is InChI=1S/C15H8O5.Na/c16-11-3-1-2-9-12(11)14(18)8-5-4-7(15(19)20)6-10(8)13(9)17;/h1-6,16H,(H,19,20);/q;+1/p-1. The monoisotopic (exact) mass is 290 g/mol. The van der Waals surface area contributed by atoms with Crippen molar-refractivity contribution in [2.45, 2.75) is 0 Å². The fourth-order valence-corrected chi connectivity index (χ4v) is 2.30. The van der Waals surface area contributed by atoms with Gasteiger partial charge in [-0.15, -0.1) is 0 Å². The van der Waals surface area contributed by atoms with Gasteiger partial charge in [0, 0.05) is 16.7 Å². The van der Waals surface area contributed by atoms with Gasteiger partial charge in [0.1, 0.15) is 5.75 Å². The van der Waals surface area contributed by atoms with Crippen molar-refractivity contribution in [3.8, 4) is 5.75 Å². The number of carboxylic acid groups (broad SMARTS) is 1. The second-order valence-corrected chi connectivity index (χ2v) is 4.41. The van der Waals surface area contributed by atoms with Crippen LogP contribution in [0.25, 0.3) is 0 Å². The smallest absolute Gasteiger partial charge is 0.545 e. The molecule has 0 aliphatic heterocycles. The molecule has 5 nitrogen and oxygen atoms in total. The first-order valence-electron chi connectivity index (χ1n) is 5.77. The van der Waals surface area contributed by atoms with Crippen LogP contribution in [0.15, 0.2) is 36.4 Å². The van der Waals surface area contributed by atoms with Crippen molar-refractivity contribution in [1.82, 2.24) is 0 Å². The molecule has 98 valence electrons. The molecule has 0 atom stereocenters. The van der Waals surface area contributed by atoms with Crippen LogP contribution in [0.5, 0.6) is 5.75 Å². The van der Waals surface area contributed by atoms with Gasteiger partial charge in [-0.2, -0.15) is 0 Å². The van der Waals surface area contributed by atoms with E-state index in [1.165, 1.54) is 30.3 Å². The van der Waals surface area contributed by atoms with Crippen LogP contribution in [0, 0.1) is 0 Å². The van der Waals surface area contributed by atoms with Gasteiger partial charge >= 0.3 is 29.6 Å². The summed E-state index contributed by atoms with van der Waals surface area (Å²) < 4.78 is 0. The van der Waals surface area contributed by atoms with Gasteiger partial charge in [0.15, 0.2) is 11.6 Å². The normalized spacial score (nSPS) is 12.2. The molecule has 1 aliphatic carbocycles. The number of carbonyl (C=O) groups is 3. The number of carbonyl (C=O) groups excluding carboxylic acids is 3. The minimum absolute atomic E-state index is 0. The van der Waals surface area contributed by atoms with Gasteiger partial charge in [-0.25, -0.2) is 0 Å². The van der Waals surface area contributed by atoms with E-state index in [2.05, 4.69) is 0 Å². The molecular weight excluding hydrogens is 283 g/mol. The van der Waals surface area contributed by atoms with E-state index in [-0.39, 0.29) is 63.1 Å². The Morgan fingerprint density at radius 1 is 0.952 bits per heavy atom. The number of aromatic carboxylic acids is 1. The van der Waals surface area contributed by atoms with E-state index < -0.39 is 17.5 Å². The molecule has 0 radical (unpaired) electrons. The summed E-state index contributed by atoms with van der Waals surface area (Å²) in [5.41, 5.74) is -0.0681. The molecule has 1 aliphatic rings. The van der Waals surface area contributed by atoms with E-state index in [0.29, 0.717) is 0 Å². The predicted octanol–water partition coefficient (Wildman–Crippen LogP) is -2.46. The SMILES string of the molecule is O=C([O-])c1ccc2c(c1)C(=O)c1cccc(O)c1C2=O.[Na+]. The average molecular weight is 290 g/mol. The molecule has 6 heteroatoms. The van der Waals surface area contributed by atoms with Crippen molar-refractivity contribution >= 4 is 17.5 Å². The minimum atomic E-state index is -1.42. The Balaban J connectivity index is 0.00000161. The maximum absolute atomic E-state index is 12.3. The van der Waals surface area contributed by atoms with Gasteiger partial charge in [0.25, 0.3) is 0 Å². The van der Waals surface area contributed by atoms with Crippen LogP contribution in [0.1, 0.15) is 42.2 Å². The van der Waals surface area contributed by atoms with Crippen molar-refractivity contribution < 1.29 is 54.2 Å². The van der Waals surface area contributed by atoms with Gasteiger partial charge in [0.05, 0.1) is 11.5 Å². The maximum Gasteiger partial charge on any atom is 1.00 e. The average Bonchev–Trinajstić information content (AvgIpc) is 2.44. The summed E-state index contributed by atoms with van der Waals surface area (Å²) in [6.07, 6.45) is 0. The van der Waals surface area contributed by atoms with Crippen LogP contribution in [0.2, 0.25) is 0 Å². The molecule has 2 aromatic rings. The van der Waals surface area contributed by atoms with Crippen LogP contribution in [-0.2, 0) is 0 Å². The molecule has 0 heterocycles. The Labute approximate surface area is 141 Å². The number of rotatable bonds is 1.